The molecule has 5 N–H and O–H groups in total. The number of amides is 2. The minimum Gasteiger partial charge on any atom is -0.482 e. The molecule has 12 heteroatoms. The third-order valence-electron chi connectivity index (χ3n) is 6.50. The van der Waals surface area contributed by atoms with Crippen molar-refractivity contribution in [2.75, 3.05) is 44.4 Å². The number of anilines is 1. The number of benzene rings is 2. The van der Waals surface area contributed by atoms with Crippen LogP contribution in [0.3, 0.4) is 0 Å². The lowest BCUT2D eigenvalue weighted by Gasteiger charge is -2.37. The first-order valence-corrected chi connectivity index (χ1v) is 13.5. The standard InChI is InChI=1S/C25H31N3O8S/c1-27(24(31)10-16-5-6-22-20(9-16)26-23(30)15-37(22,34)35)21(13-28-8-7-18(29)12-28)17-3-2-4-19(11-17)36-14-25(32)33/h2-6,9,11,18,21,29,34-35H,7-8,10,12-15H2,1H3,(H,26,30)(H,32,33)/t18-,21+/m0/s1. The summed E-state index contributed by atoms with van der Waals surface area (Å²) >= 11 is 0. The molecule has 0 spiro atoms. The first kappa shape index (κ1) is 26.9. The molecule has 2 atom stereocenters. The summed E-state index contributed by atoms with van der Waals surface area (Å²) in [4.78, 5) is 40.1. The summed E-state index contributed by atoms with van der Waals surface area (Å²) in [6, 6.07) is 11.3. The molecule has 2 heterocycles. The Morgan fingerprint density at radius 2 is 2.03 bits per heavy atom. The number of likely N-dealkylation sites (N-methyl/N-ethyl adjacent to an activating group) is 1. The molecule has 2 aliphatic rings. The smallest absolute Gasteiger partial charge is 0.341 e. The van der Waals surface area contributed by atoms with Crippen molar-refractivity contribution in [3.63, 3.8) is 0 Å². The average molecular weight is 534 g/mol. The number of fused-ring (bicyclic) bond motifs is 1. The van der Waals surface area contributed by atoms with Crippen molar-refractivity contribution < 1.29 is 38.4 Å². The van der Waals surface area contributed by atoms with Crippen LogP contribution < -0.4 is 10.1 Å². The molecule has 2 amide bonds. The number of carboxylic acid groups (broad SMARTS) is 1. The van der Waals surface area contributed by atoms with Gasteiger partial charge in [0.1, 0.15) is 11.5 Å². The second kappa shape index (κ2) is 11.1. The number of nitrogens with one attached hydrogen (secondary N) is 1. The molecule has 11 nitrogen and oxygen atoms in total. The van der Waals surface area contributed by atoms with Crippen LogP contribution in [-0.4, -0.2) is 92.0 Å². The minimum atomic E-state index is -3.22. The van der Waals surface area contributed by atoms with Crippen LogP contribution in [0.1, 0.15) is 23.6 Å². The van der Waals surface area contributed by atoms with Crippen LogP contribution in [-0.2, 0) is 20.8 Å². The molecule has 0 unspecified atom stereocenters. The number of aliphatic hydroxyl groups is 1. The summed E-state index contributed by atoms with van der Waals surface area (Å²) in [7, 11) is -1.53. The highest BCUT2D eigenvalue weighted by Crippen LogP contribution is 2.53. The highest BCUT2D eigenvalue weighted by molar-refractivity contribution is 8.25. The normalized spacial score (nSPS) is 20.4. The summed E-state index contributed by atoms with van der Waals surface area (Å²) in [6.07, 6.45) is 0.226. The maximum absolute atomic E-state index is 13.4. The van der Waals surface area contributed by atoms with E-state index in [0.29, 0.717) is 37.4 Å². The number of β-amino-alcohol motifs (C(OH)–C–C–N with tert-alkyl or cyclic N) is 1. The number of carbonyl (C=O) groups excluding carboxylic acids is 2. The van der Waals surface area contributed by atoms with E-state index in [-0.39, 0.29) is 28.7 Å². The Labute approximate surface area is 216 Å². The van der Waals surface area contributed by atoms with Gasteiger partial charge in [-0.25, -0.2) is 4.79 Å². The Morgan fingerprint density at radius 3 is 2.73 bits per heavy atom. The predicted molar refractivity (Wildman–Crippen MR) is 137 cm³/mol. The van der Waals surface area contributed by atoms with Gasteiger partial charge in [-0.05, 0) is 41.8 Å². The van der Waals surface area contributed by atoms with Gasteiger partial charge in [0.15, 0.2) is 6.61 Å². The molecular weight excluding hydrogens is 502 g/mol. The van der Waals surface area contributed by atoms with E-state index in [1.807, 2.05) is 6.07 Å². The fraction of sp³-hybridized carbons (Fsp3) is 0.400. The fourth-order valence-corrected chi connectivity index (χ4v) is 5.96. The second-order valence-corrected chi connectivity index (χ2v) is 11.4. The molecule has 0 saturated carbocycles. The monoisotopic (exact) mass is 533 g/mol. The summed E-state index contributed by atoms with van der Waals surface area (Å²) in [5.74, 6) is -1.82. The van der Waals surface area contributed by atoms with E-state index in [9.17, 15) is 28.6 Å². The Kier molecular flexibility index (Phi) is 8.05. The highest BCUT2D eigenvalue weighted by atomic mass is 32.3. The maximum Gasteiger partial charge on any atom is 0.341 e. The summed E-state index contributed by atoms with van der Waals surface area (Å²) in [5.41, 5.74) is 1.64. The third kappa shape index (κ3) is 6.59. The van der Waals surface area contributed by atoms with Crippen molar-refractivity contribution in [1.29, 1.82) is 0 Å². The first-order valence-electron chi connectivity index (χ1n) is 11.8. The van der Waals surface area contributed by atoms with E-state index >= 15 is 0 Å². The SMILES string of the molecule is CN(C(=O)Cc1ccc2c(c1)NC(=O)CS2(O)O)[C@H](CN1CC[C@H](O)C1)c1cccc(OCC(=O)O)c1. The lowest BCUT2D eigenvalue weighted by Crippen LogP contribution is -2.39. The van der Waals surface area contributed by atoms with Gasteiger partial charge in [-0.3, -0.25) is 23.6 Å². The molecular formula is C25H31N3O8S. The van der Waals surface area contributed by atoms with E-state index in [0.717, 1.165) is 5.56 Å². The van der Waals surface area contributed by atoms with Gasteiger partial charge in [0.25, 0.3) is 0 Å². The number of likely N-dealkylation sites (tertiary alicyclic amines) is 1. The van der Waals surface area contributed by atoms with Gasteiger partial charge in [-0.1, -0.05) is 18.2 Å². The summed E-state index contributed by atoms with van der Waals surface area (Å²) in [5, 5.41) is 21.5. The molecule has 0 aliphatic carbocycles. The van der Waals surface area contributed by atoms with Gasteiger partial charge in [0, 0.05) is 26.7 Å². The van der Waals surface area contributed by atoms with E-state index in [1.54, 1.807) is 42.3 Å². The minimum absolute atomic E-state index is 0.00711. The molecule has 2 aliphatic heterocycles. The van der Waals surface area contributed by atoms with Gasteiger partial charge in [0.2, 0.25) is 11.8 Å². The van der Waals surface area contributed by atoms with Gasteiger partial charge < -0.3 is 25.2 Å². The summed E-state index contributed by atoms with van der Waals surface area (Å²) in [6.45, 7) is 1.15. The zero-order valence-electron chi connectivity index (χ0n) is 20.4. The van der Waals surface area contributed by atoms with E-state index < -0.39 is 41.2 Å². The third-order valence-corrected chi connectivity index (χ3v) is 8.23. The van der Waals surface area contributed by atoms with Crippen LogP contribution in [0.2, 0.25) is 0 Å². The maximum atomic E-state index is 13.4. The van der Waals surface area contributed by atoms with Crippen molar-refractivity contribution in [1.82, 2.24) is 9.80 Å². The Bertz CT molecular complexity index is 1190. The largest absolute Gasteiger partial charge is 0.482 e. The number of nitrogens with zero attached hydrogens (tertiary/aromatic N) is 2. The van der Waals surface area contributed by atoms with Crippen molar-refractivity contribution in [2.24, 2.45) is 0 Å². The molecule has 4 rings (SSSR count). The molecule has 37 heavy (non-hydrogen) atoms. The topological polar surface area (TPSA) is 160 Å². The first-order chi connectivity index (χ1) is 17.5. The van der Waals surface area contributed by atoms with Crippen molar-refractivity contribution in [2.45, 2.75) is 29.9 Å². The fourth-order valence-electron chi connectivity index (χ4n) is 4.62. The van der Waals surface area contributed by atoms with Gasteiger partial charge in [-0.15, -0.1) is 0 Å². The number of aliphatic carboxylic acids is 1. The summed E-state index contributed by atoms with van der Waals surface area (Å²) < 4.78 is 25.8. The van der Waals surface area contributed by atoms with E-state index in [2.05, 4.69) is 10.2 Å². The van der Waals surface area contributed by atoms with E-state index in [4.69, 9.17) is 9.84 Å². The van der Waals surface area contributed by atoms with Crippen molar-refractivity contribution >= 4 is 34.1 Å². The molecule has 1 fully saturated rings. The van der Waals surface area contributed by atoms with Crippen LogP contribution in [0.25, 0.3) is 0 Å². The van der Waals surface area contributed by atoms with Crippen molar-refractivity contribution in [3.05, 3.63) is 53.6 Å². The zero-order valence-corrected chi connectivity index (χ0v) is 21.2. The number of ether oxygens (including phenoxy) is 1. The second-order valence-electron chi connectivity index (χ2n) is 9.34. The van der Waals surface area contributed by atoms with Gasteiger partial charge in [-0.2, -0.15) is 10.6 Å². The number of aliphatic hydroxyl groups excluding tert-OH is 1. The Hall–Kier alpha value is -3.16. The van der Waals surface area contributed by atoms with Crippen LogP contribution >= 0.6 is 10.6 Å². The predicted octanol–water partition coefficient (Wildman–Crippen LogP) is 2.02. The molecule has 0 bridgehead atoms. The number of hydrogen-bond donors (Lipinski definition) is 5. The van der Waals surface area contributed by atoms with Crippen LogP contribution in [0.4, 0.5) is 5.69 Å². The quantitative estimate of drug-likeness (QED) is 0.325. The molecule has 0 radical (unpaired) electrons. The van der Waals surface area contributed by atoms with Crippen LogP contribution in [0.15, 0.2) is 47.4 Å². The molecule has 200 valence electrons. The zero-order chi connectivity index (χ0) is 26.7. The van der Waals surface area contributed by atoms with Gasteiger partial charge in [0.05, 0.1) is 29.1 Å². The molecule has 1 saturated heterocycles. The number of carbonyl (C=O) groups is 3. The van der Waals surface area contributed by atoms with Crippen molar-refractivity contribution in [3.8, 4) is 5.75 Å². The molecule has 2 aromatic rings. The lowest BCUT2D eigenvalue weighted by molar-refractivity contribution is -0.139. The molecule has 2 aromatic carbocycles. The Morgan fingerprint density at radius 1 is 1.24 bits per heavy atom. The average Bonchev–Trinajstić information content (AvgIpc) is 3.24. The number of hydrogen-bond acceptors (Lipinski definition) is 8. The van der Waals surface area contributed by atoms with Crippen LogP contribution in [0, 0.1) is 0 Å². The van der Waals surface area contributed by atoms with E-state index in [1.165, 1.54) is 6.07 Å². The van der Waals surface area contributed by atoms with Gasteiger partial charge >= 0.3 is 5.97 Å². The lowest BCUT2D eigenvalue weighted by atomic mass is 10.0. The highest BCUT2D eigenvalue weighted by Gasteiger charge is 2.31. The molecule has 0 aromatic heterocycles. The number of carboxylic acids is 1. The number of rotatable bonds is 9. The van der Waals surface area contributed by atoms with Crippen LogP contribution in [0.5, 0.6) is 5.75 Å². The Balaban J connectivity index is 1.55.